The van der Waals surface area contributed by atoms with Crippen molar-refractivity contribution in [2.24, 2.45) is 0 Å². The van der Waals surface area contributed by atoms with Crippen molar-refractivity contribution in [3.63, 3.8) is 0 Å². The molecule has 1 atom stereocenters. The van der Waals surface area contributed by atoms with Gasteiger partial charge >= 0.3 is 0 Å². The van der Waals surface area contributed by atoms with Crippen molar-refractivity contribution in [3.8, 4) is 0 Å². The van der Waals surface area contributed by atoms with Gasteiger partial charge in [0.1, 0.15) is 11.8 Å². The third-order valence-corrected chi connectivity index (χ3v) is 2.94. The number of hydrogen-bond donors (Lipinski definition) is 1. The lowest BCUT2D eigenvalue weighted by Gasteiger charge is -2.06. The molecule has 0 fully saturated rings. The van der Waals surface area contributed by atoms with Gasteiger partial charge in [-0.15, -0.1) is 5.10 Å². The Morgan fingerprint density at radius 3 is 2.88 bits per heavy atom. The minimum Gasteiger partial charge on any atom is -0.386 e. The van der Waals surface area contributed by atoms with Crippen LogP contribution in [-0.4, -0.2) is 19.7 Å². The zero-order chi connectivity index (χ0) is 11.4. The highest BCUT2D eigenvalue weighted by Crippen LogP contribution is 2.15. The number of aromatic nitrogens is 3. The first-order chi connectivity index (χ1) is 7.79. The van der Waals surface area contributed by atoms with Crippen LogP contribution in [0.3, 0.4) is 0 Å². The Morgan fingerprint density at radius 1 is 1.44 bits per heavy atom. The van der Waals surface area contributed by atoms with E-state index in [4.69, 9.17) is 0 Å². The van der Waals surface area contributed by atoms with Crippen LogP contribution in [0.2, 0.25) is 0 Å². The van der Waals surface area contributed by atoms with E-state index in [9.17, 15) is 5.11 Å². The van der Waals surface area contributed by atoms with Crippen LogP contribution in [0.15, 0.2) is 23.7 Å². The summed E-state index contributed by atoms with van der Waals surface area (Å²) in [4.78, 5) is 4.29. The predicted molar refractivity (Wildman–Crippen MR) is 62.2 cm³/mol. The van der Waals surface area contributed by atoms with Gasteiger partial charge in [0, 0.05) is 23.7 Å². The Bertz CT molecular complexity index is 427. The van der Waals surface area contributed by atoms with E-state index in [0.29, 0.717) is 12.1 Å². The average Bonchev–Trinajstić information content (AvgIpc) is 2.83. The summed E-state index contributed by atoms with van der Waals surface area (Å²) in [5, 5.41) is 15.4. The molecule has 84 valence electrons. The van der Waals surface area contributed by atoms with Gasteiger partial charge in [0.05, 0.1) is 0 Å². The van der Waals surface area contributed by atoms with Crippen molar-refractivity contribution in [2.75, 3.05) is 0 Å². The van der Waals surface area contributed by atoms with E-state index in [1.54, 1.807) is 5.38 Å². The third kappa shape index (κ3) is 2.62. The molecule has 1 unspecified atom stereocenters. The zero-order valence-electron chi connectivity index (χ0n) is 9.00. The monoisotopic (exact) mass is 235 g/mol. The molecule has 16 heavy (non-hydrogen) atoms. The molecule has 0 aliphatic heterocycles. The highest BCUT2D eigenvalue weighted by Gasteiger charge is 2.11. The second-order valence-corrected chi connectivity index (χ2v) is 4.17. The van der Waals surface area contributed by atoms with Crippen molar-refractivity contribution in [3.05, 3.63) is 40.7 Å². The molecule has 0 bridgehead atoms. The lowest BCUT2D eigenvalue weighted by Crippen LogP contribution is -2.04. The van der Waals surface area contributed by atoms with Crippen molar-refractivity contribution < 1.29 is 5.11 Å². The molecule has 2 aromatic rings. The number of nitrogens with zero attached hydrogens (tertiary/aromatic N) is 3. The summed E-state index contributed by atoms with van der Waals surface area (Å²) < 4.78 is 3.72. The molecular formula is C11H13N3OS. The van der Waals surface area contributed by atoms with Gasteiger partial charge in [0.15, 0.2) is 0 Å². The molecular weight excluding hydrogens is 222 g/mol. The minimum absolute atomic E-state index is 0.482. The molecule has 0 radical (unpaired) electrons. The van der Waals surface area contributed by atoms with Crippen LogP contribution < -0.4 is 0 Å². The standard InChI is InChI=1S/C11H13N3OS/c1-2-8-3-4-9(12-6-8)5-11(15)10-7-16-14-13-10/h3-4,6-7,11,15H,2,5H2,1H3. The maximum Gasteiger partial charge on any atom is 0.104 e. The largest absolute Gasteiger partial charge is 0.386 e. The number of hydrogen-bond acceptors (Lipinski definition) is 5. The number of rotatable bonds is 4. The first-order valence-corrected chi connectivity index (χ1v) is 6.02. The second-order valence-electron chi connectivity index (χ2n) is 3.56. The molecule has 0 aromatic carbocycles. The van der Waals surface area contributed by atoms with Crippen LogP contribution in [0.5, 0.6) is 0 Å². The molecule has 0 amide bonds. The molecule has 0 saturated heterocycles. The van der Waals surface area contributed by atoms with E-state index < -0.39 is 6.10 Å². The molecule has 0 saturated carbocycles. The van der Waals surface area contributed by atoms with Gasteiger partial charge in [-0.2, -0.15) is 0 Å². The SMILES string of the molecule is CCc1ccc(CC(O)c2csnn2)nc1. The fraction of sp³-hybridized carbons (Fsp3) is 0.364. The summed E-state index contributed by atoms with van der Waals surface area (Å²) in [6.45, 7) is 2.09. The molecule has 4 nitrogen and oxygen atoms in total. The Morgan fingerprint density at radius 2 is 2.31 bits per heavy atom. The maximum atomic E-state index is 9.85. The third-order valence-electron chi connectivity index (χ3n) is 2.42. The highest BCUT2D eigenvalue weighted by molar-refractivity contribution is 7.03. The molecule has 5 heteroatoms. The van der Waals surface area contributed by atoms with Gasteiger partial charge in [0.25, 0.3) is 0 Å². The molecule has 0 spiro atoms. The lowest BCUT2D eigenvalue weighted by atomic mass is 10.1. The van der Waals surface area contributed by atoms with Gasteiger partial charge in [-0.3, -0.25) is 4.98 Å². The van der Waals surface area contributed by atoms with E-state index >= 15 is 0 Å². The molecule has 2 heterocycles. The van der Waals surface area contributed by atoms with Gasteiger partial charge in [-0.05, 0) is 29.6 Å². The summed E-state index contributed by atoms with van der Waals surface area (Å²) >= 11 is 1.24. The van der Waals surface area contributed by atoms with Crippen molar-refractivity contribution in [1.29, 1.82) is 0 Å². The fourth-order valence-electron chi connectivity index (χ4n) is 1.40. The van der Waals surface area contributed by atoms with Crippen LogP contribution in [0, 0.1) is 0 Å². The summed E-state index contributed by atoms with van der Waals surface area (Å²) in [6.07, 6.45) is 2.70. The highest BCUT2D eigenvalue weighted by atomic mass is 32.1. The normalized spacial score (nSPS) is 12.6. The van der Waals surface area contributed by atoms with Crippen LogP contribution >= 0.6 is 11.5 Å². The van der Waals surface area contributed by atoms with Crippen molar-refractivity contribution in [1.82, 2.24) is 14.6 Å². The van der Waals surface area contributed by atoms with Crippen molar-refractivity contribution in [2.45, 2.75) is 25.9 Å². The Hall–Kier alpha value is -1.33. The predicted octanol–water partition coefficient (Wildman–Crippen LogP) is 1.77. The van der Waals surface area contributed by atoms with E-state index in [1.807, 2.05) is 18.3 Å². The Labute approximate surface area is 98.2 Å². The van der Waals surface area contributed by atoms with Crippen LogP contribution in [0.25, 0.3) is 0 Å². The average molecular weight is 235 g/mol. The summed E-state index contributed by atoms with van der Waals surface area (Å²) in [6, 6.07) is 3.98. The summed E-state index contributed by atoms with van der Waals surface area (Å²) in [7, 11) is 0. The number of pyridine rings is 1. The Kier molecular flexibility index (Phi) is 3.58. The molecule has 2 rings (SSSR count). The second kappa shape index (κ2) is 5.14. The topological polar surface area (TPSA) is 58.9 Å². The van der Waals surface area contributed by atoms with Crippen molar-refractivity contribution >= 4 is 11.5 Å². The molecule has 2 aromatic heterocycles. The van der Waals surface area contributed by atoms with Crippen LogP contribution in [0.4, 0.5) is 0 Å². The quantitative estimate of drug-likeness (QED) is 0.877. The first kappa shape index (κ1) is 11.2. The molecule has 0 aliphatic carbocycles. The number of aliphatic hydroxyl groups excluding tert-OH is 1. The lowest BCUT2D eigenvalue weighted by molar-refractivity contribution is 0.172. The maximum absolute atomic E-state index is 9.85. The Balaban J connectivity index is 2.03. The fourth-order valence-corrected chi connectivity index (χ4v) is 1.91. The summed E-state index contributed by atoms with van der Waals surface area (Å²) in [5.41, 5.74) is 2.69. The van der Waals surface area contributed by atoms with Gasteiger partial charge in [0.2, 0.25) is 0 Å². The number of aliphatic hydroxyl groups is 1. The molecule has 1 N–H and O–H groups in total. The number of aryl methyl sites for hydroxylation is 1. The van der Waals surface area contributed by atoms with E-state index in [0.717, 1.165) is 12.1 Å². The van der Waals surface area contributed by atoms with Gasteiger partial charge in [-0.25, -0.2) is 0 Å². The van der Waals surface area contributed by atoms with E-state index in [2.05, 4.69) is 21.5 Å². The molecule has 0 aliphatic rings. The zero-order valence-corrected chi connectivity index (χ0v) is 9.81. The van der Waals surface area contributed by atoms with Gasteiger partial charge in [-0.1, -0.05) is 17.5 Å². The first-order valence-electron chi connectivity index (χ1n) is 5.18. The van der Waals surface area contributed by atoms with E-state index in [1.165, 1.54) is 17.1 Å². The van der Waals surface area contributed by atoms with Crippen LogP contribution in [-0.2, 0) is 12.8 Å². The van der Waals surface area contributed by atoms with Gasteiger partial charge < -0.3 is 5.11 Å². The smallest absolute Gasteiger partial charge is 0.104 e. The minimum atomic E-state index is -0.612. The van der Waals surface area contributed by atoms with Crippen LogP contribution in [0.1, 0.15) is 30.0 Å². The summed E-state index contributed by atoms with van der Waals surface area (Å²) in [5.74, 6) is 0. The van der Waals surface area contributed by atoms with E-state index in [-0.39, 0.29) is 0 Å².